The Morgan fingerprint density at radius 1 is 0.636 bits per heavy atom. The second kappa shape index (κ2) is 15.3. The number of rotatable bonds is 3. The van der Waals surface area contributed by atoms with Crippen LogP contribution in [0, 0.1) is 0 Å². The second-order valence-electron chi connectivity index (χ2n) is 12.4. The molecule has 0 aliphatic carbocycles. The van der Waals surface area contributed by atoms with Crippen LogP contribution in [-0.2, 0) is 46.2 Å². The highest BCUT2D eigenvalue weighted by Crippen LogP contribution is 2.41. The molecule has 17 heteroatoms. The van der Waals surface area contributed by atoms with Gasteiger partial charge >= 0.3 is 11.0 Å². The molecule has 2 aliphatic heterocycles. The lowest BCUT2D eigenvalue weighted by Gasteiger charge is -2.23. The summed E-state index contributed by atoms with van der Waals surface area (Å²) in [5.74, 6) is 0. The van der Waals surface area contributed by atoms with Gasteiger partial charge in [0.15, 0.2) is 45.7 Å². The van der Waals surface area contributed by atoms with Gasteiger partial charge in [0.05, 0.1) is 16.5 Å². The fraction of sp³-hybridized carbons (Fsp3) is 0.158. The van der Waals surface area contributed by atoms with E-state index in [-0.39, 0.29) is 0 Å². The highest BCUT2D eigenvalue weighted by atomic mass is 32.2. The summed E-state index contributed by atoms with van der Waals surface area (Å²) < 4.78 is 123. The molecule has 0 N–H and O–H groups in total. The summed E-state index contributed by atoms with van der Waals surface area (Å²) in [6.07, 6.45) is 11.2. The third kappa shape index (κ3) is 8.81. The van der Waals surface area contributed by atoms with Crippen LogP contribution >= 0.6 is 11.3 Å². The maximum absolute atomic E-state index is 10.7. The Morgan fingerprint density at radius 3 is 1.84 bits per heavy atom. The summed E-state index contributed by atoms with van der Waals surface area (Å²) in [4.78, 5) is 1.27. The number of alkyl halides is 6. The van der Waals surface area contributed by atoms with Crippen LogP contribution in [-0.4, -0.2) is 37.0 Å². The maximum Gasteiger partial charge on any atom is 0.485 e. The molecular formula is C38H28F6N2O6S3. The smallest absolute Gasteiger partial charge is 0.485 e. The van der Waals surface area contributed by atoms with Crippen molar-refractivity contribution in [2.24, 2.45) is 0 Å². The molecule has 0 fully saturated rings. The molecule has 0 saturated heterocycles. The van der Waals surface area contributed by atoms with E-state index in [0.29, 0.717) is 0 Å². The number of fused-ring (bicyclic) bond motifs is 9. The monoisotopic (exact) mass is 818 g/mol. The topological polar surface area (TPSA) is 122 Å². The summed E-state index contributed by atoms with van der Waals surface area (Å²) >= 11 is 1.80. The number of nitrogens with zero attached hydrogens (tertiary/aromatic N) is 2. The largest absolute Gasteiger partial charge is 0.741 e. The first kappa shape index (κ1) is 39.7. The SMILES string of the molecule is C(=C\c1cc(-c2ccccc2)cs1)/c1cc[n+]2c(c1)-c1c(ccc3c1-c1c4ccccc4cc[n+]1CC3)CC2.O=S(=O)([O-])C(F)(F)F.O=S(=O)([O-])C(F)(F)F. The number of pyridine rings is 2. The number of halogens is 6. The fourth-order valence-corrected chi connectivity index (χ4v) is 7.14. The first-order valence-corrected chi connectivity index (χ1v) is 20.0. The Balaban J connectivity index is 0.000000272. The molecule has 0 bridgehead atoms. The van der Waals surface area contributed by atoms with Gasteiger partial charge in [0, 0.05) is 35.9 Å². The Morgan fingerprint density at radius 2 is 1.20 bits per heavy atom. The van der Waals surface area contributed by atoms with Crippen LogP contribution < -0.4 is 9.13 Å². The van der Waals surface area contributed by atoms with Crippen LogP contribution in [0.5, 0.6) is 0 Å². The number of hydrogen-bond donors (Lipinski definition) is 0. The number of hydrogen-bond acceptors (Lipinski definition) is 7. The van der Waals surface area contributed by atoms with Gasteiger partial charge in [-0.05, 0) is 56.8 Å². The van der Waals surface area contributed by atoms with Crippen molar-refractivity contribution >= 4 is 54.5 Å². The van der Waals surface area contributed by atoms with E-state index >= 15 is 0 Å². The summed E-state index contributed by atoms with van der Waals surface area (Å²) in [6, 6.07) is 33.4. The van der Waals surface area contributed by atoms with E-state index < -0.39 is 31.3 Å². The molecule has 286 valence electrons. The lowest BCUT2D eigenvalue weighted by molar-refractivity contribution is -0.689. The number of aryl methyl sites for hydroxylation is 4. The molecule has 0 unspecified atom stereocenters. The van der Waals surface area contributed by atoms with E-state index in [9.17, 15) is 26.3 Å². The second-order valence-corrected chi connectivity index (χ2v) is 16.0. The Bertz CT molecular complexity index is 2600. The van der Waals surface area contributed by atoms with E-state index in [1.807, 2.05) is 0 Å². The normalized spacial score (nSPS) is 13.7. The van der Waals surface area contributed by atoms with Crippen molar-refractivity contribution in [1.29, 1.82) is 0 Å². The zero-order valence-electron chi connectivity index (χ0n) is 28.2. The van der Waals surface area contributed by atoms with Crippen molar-refractivity contribution in [2.45, 2.75) is 36.9 Å². The molecule has 3 aromatic heterocycles. The molecule has 55 heavy (non-hydrogen) atoms. The minimum absolute atomic E-state index is 1.02. The van der Waals surface area contributed by atoms with Gasteiger partial charge in [0.25, 0.3) is 0 Å². The molecule has 8 rings (SSSR count). The maximum atomic E-state index is 10.7. The van der Waals surface area contributed by atoms with E-state index in [2.05, 4.69) is 130 Å². The molecule has 0 saturated carbocycles. The van der Waals surface area contributed by atoms with Crippen molar-refractivity contribution in [2.75, 3.05) is 0 Å². The predicted molar refractivity (Wildman–Crippen MR) is 193 cm³/mol. The van der Waals surface area contributed by atoms with Gasteiger partial charge in [-0.3, -0.25) is 0 Å². The Kier molecular flexibility index (Phi) is 11.1. The van der Waals surface area contributed by atoms with E-state index in [1.54, 1.807) is 11.3 Å². The van der Waals surface area contributed by atoms with E-state index in [0.717, 1.165) is 25.9 Å². The quantitative estimate of drug-likeness (QED) is 0.0776. The fourth-order valence-electron chi connectivity index (χ4n) is 6.33. The third-order valence-corrected chi connectivity index (χ3v) is 10.9. The van der Waals surface area contributed by atoms with Gasteiger partial charge in [-0.2, -0.15) is 35.5 Å². The summed E-state index contributed by atoms with van der Waals surface area (Å²) in [6.45, 7) is 2.05. The molecular weight excluding hydrogens is 791 g/mol. The van der Waals surface area contributed by atoms with Crippen LogP contribution in [0.3, 0.4) is 0 Å². The molecule has 5 heterocycles. The molecule has 0 spiro atoms. The molecule has 8 nitrogen and oxygen atoms in total. The molecule has 0 atom stereocenters. The van der Waals surface area contributed by atoms with Crippen LogP contribution in [0.1, 0.15) is 21.6 Å². The minimum Gasteiger partial charge on any atom is -0.741 e. The molecule has 0 radical (unpaired) electrons. The van der Waals surface area contributed by atoms with Gasteiger partial charge in [-0.15, -0.1) is 11.3 Å². The van der Waals surface area contributed by atoms with Crippen molar-refractivity contribution in [3.63, 3.8) is 0 Å². The zero-order chi connectivity index (χ0) is 39.8. The highest BCUT2D eigenvalue weighted by Gasteiger charge is 2.38. The predicted octanol–water partition coefficient (Wildman–Crippen LogP) is 7.86. The van der Waals surface area contributed by atoms with Gasteiger partial charge in [0.2, 0.25) is 11.4 Å². The minimum atomic E-state index is -6.09. The summed E-state index contributed by atoms with van der Waals surface area (Å²) in [5.41, 5.74) is 0.963. The Hall–Kier alpha value is -4.94. The van der Waals surface area contributed by atoms with E-state index in [1.165, 1.54) is 66.0 Å². The average molecular weight is 819 g/mol. The zero-order valence-corrected chi connectivity index (χ0v) is 30.7. The van der Waals surface area contributed by atoms with Gasteiger partial charge in [-0.25, -0.2) is 16.8 Å². The van der Waals surface area contributed by atoms with Crippen molar-refractivity contribution < 1.29 is 61.4 Å². The molecule has 0 amide bonds. The van der Waals surface area contributed by atoms with E-state index in [4.69, 9.17) is 25.9 Å². The third-order valence-electron chi connectivity index (χ3n) is 8.85. The van der Waals surface area contributed by atoms with Crippen molar-refractivity contribution in [1.82, 2.24) is 0 Å². The average Bonchev–Trinajstić information content (AvgIpc) is 3.62. The van der Waals surface area contributed by atoms with Crippen LogP contribution in [0.25, 0.3) is 56.6 Å². The summed E-state index contributed by atoms with van der Waals surface area (Å²) in [7, 11) is -12.2. The van der Waals surface area contributed by atoms with Gasteiger partial charge in [-0.1, -0.05) is 66.7 Å². The summed E-state index contributed by atoms with van der Waals surface area (Å²) in [5, 5.41) is 4.90. The van der Waals surface area contributed by atoms with Crippen LogP contribution in [0.2, 0.25) is 0 Å². The first-order valence-electron chi connectivity index (χ1n) is 16.3. The number of aromatic nitrogens is 2. The van der Waals surface area contributed by atoms with Crippen LogP contribution in [0.4, 0.5) is 26.3 Å². The van der Waals surface area contributed by atoms with Crippen molar-refractivity contribution in [3.8, 4) is 33.6 Å². The highest BCUT2D eigenvalue weighted by molar-refractivity contribution is 7.86. The Labute approximate surface area is 315 Å². The van der Waals surface area contributed by atoms with Crippen LogP contribution in [0.15, 0.2) is 109 Å². The lowest BCUT2D eigenvalue weighted by atomic mass is 9.83. The molecule has 2 aliphatic rings. The molecule has 3 aromatic carbocycles. The van der Waals surface area contributed by atoms with Gasteiger partial charge in [0.1, 0.15) is 0 Å². The number of thiophene rings is 1. The van der Waals surface area contributed by atoms with Gasteiger partial charge < -0.3 is 9.11 Å². The first-order chi connectivity index (χ1) is 25.8. The molecule has 6 aromatic rings. The standard InChI is InChI=1S/C36H28N2S.2CHF3O3S/c1-2-6-26(7-3-1)30-23-31(39-24-30)13-10-25-14-18-37-19-16-28-11-12-29-17-21-38-20-15-27-8-4-5-9-32(27)36(38)35(29)34(28)33(37)22-25;2*2-1(3,4)8(5,6)7/h1-15,18,20,22-24H,16-17,19,21H2;2*(H,5,6,7)/q+2;;/p-2/b13-10+;;. The number of benzene rings is 3. The lowest BCUT2D eigenvalue weighted by Crippen LogP contribution is -2.43. The van der Waals surface area contributed by atoms with Crippen molar-refractivity contribution in [3.05, 3.63) is 130 Å².